The van der Waals surface area contributed by atoms with Gasteiger partial charge < -0.3 is 4.43 Å². The van der Waals surface area contributed by atoms with Crippen molar-refractivity contribution in [3.05, 3.63) is 30.3 Å². The number of benzene rings is 1. The van der Waals surface area contributed by atoms with Crippen LogP contribution in [0.4, 0.5) is 0 Å². The molecule has 2 heteroatoms. The summed E-state index contributed by atoms with van der Waals surface area (Å²) in [4.78, 5) is 0. The molecular weight excluding hydrogens is 272 g/mol. The first-order valence-corrected chi connectivity index (χ1v) is 11.3. The molecule has 1 fully saturated rings. The van der Waals surface area contributed by atoms with Crippen LogP contribution in [0.5, 0.6) is 0 Å². The number of hydrogen-bond acceptors (Lipinski definition) is 1. The summed E-state index contributed by atoms with van der Waals surface area (Å²) >= 11 is 0. The van der Waals surface area contributed by atoms with E-state index in [4.69, 9.17) is 4.43 Å². The van der Waals surface area contributed by atoms with E-state index in [1.165, 1.54) is 24.4 Å². The summed E-state index contributed by atoms with van der Waals surface area (Å²) in [5.41, 5.74) is 0. The van der Waals surface area contributed by atoms with Gasteiger partial charge in [0.15, 0.2) is 0 Å². The van der Waals surface area contributed by atoms with Crippen molar-refractivity contribution in [3.63, 3.8) is 0 Å². The van der Waals surface area contributed by atoms with Gasteiger partial charge >= 0.3 is 0 Å². The minimum atomic E-state index is -1.80. The maximum atomic E-state index is 6.90. The Kier molecular flexibility index (Phi) is 5.67. The van der Waals surface area contributed by atoms with Crippen molar-refractivity contribution in [2.45, 2.75) is 65.7 Å². The molecule has 21 heavy (non-hydrogen) atoms. The summed E-state index contributed by atoms with van der Waals surface area (Å²) in [6.07, 6.45) is 4.42. The zero-order valence-corrected chi connectivity index (χ0v) is 15.4. The van der Waals surface area contributed by atoms with E-state index in [9.17, 15) is 0 Å². The van der Waals surface area contributed by atoms with E-state index in [2.05, 4.69) is 64.6 Å². The molecule has 0 spiro atoms. The molecule has 0 aromatic heterocycles. The summed E-state index contributed by atoms with van der Waals surface area (Å²) in [5, 5.41) is 1.45. The minimum absolute atomic E-state index is 0.463. The van der Waals surface area contributed by atoms with Gasteiger partial charge in [-0.3, -0.25) is 0 Å². The van der Waals surface area contributed by atoms with E-state index in [0.717, 1.165) is 23.8 Å². The molecule has 0 saturated heterocycles. The van der Waals surface area contributed by atoms with Crippen molar-refractivity contribution < 1.29 is 4.43 Å². The monoisotopic (exact) mass is 304 g/mol. The standard InChI is InChI=1S/C19H32OSi/c1-6-21(5,17-10-8-7-9-11-17)20-19-14-16(4)12-13-18(19)15(2)3/h7-11,15-16,18-19H,6,12-14H2,1-5H3/t16-,18+,19+,21?/m0/s1. The number of hydrogen-bond donors (Lipinski definition) is 0. The fourth-order valence-corrected chi connectivity index (χ4v) is 6.28. The van der Waals surface area contributed by atoms with Gasteiger partial charge in [0.2, 0.25) is 8.32 Å². The van der Waals surface area contributed by atoms with E-state index in [0.29, 0.717) is 6.10 Å². The van der Waals surface area contributed by atoms with Crippen LogP contribution in [-0.4, -0.2) is 14.4 Å². The molecule has 1 aromatic carbocycles. The Bertz CT molecular complexity index is 430. The van der Waals surface area contributed by atoms with Crippen molar-refractivity contribution >= 4 is 13.5 Å². The van der Waals surface area contributed by atoms with Crippen LogP contribution >= 0.6 is 0 Å². The molecule has 0 bridgehead atoms. The average molecular weight is 305 g/mol. The normalized spacial score (nSPS) is 29.3. The van der Waals surface area contributed by atoms with Gasteiger partial charge in [-0.2, -0.15) is 0 Å². The van der Waals surface area contributed by atoms with Crippen LogP contribution in [0.25, 0.3) is 0 Å². The first kappa shape index (κ1) is 16.8. The van der Waals surface area contributed by atoms with Crippen molar-refractivity contribution in [2.75, 3.05) is 0 Å². The van der Waals surface area contributed by atoms with Gasteiger partial charge in [-0.05, 0) is 48.4 Å². The van der Waals surface area contributed by atoms with Gasteiger partial charge in [0.1, 0.15) is 0 Å². The fourth-order valence-electron chi connectivity index (χ4n) is 3.73. The second kappa shape index (κ2) is 7.10. The lowest BCUT2D eigenvalue weighted by Gasteiger charge is -2.42. The molecule has 1 saturated carbocycles. The maximum Gasteiger partial charge on any atom is 0.221 e. The van der Waals surface area contributed by atoms with Crippen LogP contribution in [0.1, 0.15) is 47.0 Å². The molecule has 118 valence electrons. The van der Waals surface area contributed by atoms with Crippen LogP contribution in [0.3, 0.4) is 0 Å². The smallest absolute Gasteiger partial charge is 0.221 e. The van der Waals surface area contributed by atoms with E-state index in [1.54, 1.807) is 0 Å². The summed E-state index contributed by atoms with van der Waals surface area (Å²) < 4.78 is 6.90. The minimum Gasteiger partial charge on any atom is -0.409 e. The Balaban J connectivity index is 2.19. The third kappa shape index (κ3) is 3.98. The van der Waals surface area contributed by atoms with Gasteiger partial charge in [-0.25, -0.2) is 0 Å². The Morgan fingerprint density at radius 1 is 1.19 bits per heavy atom. The Morgan fingerprint density at radius 2 is 1.86 bits per heavy atom. The number of rotatable bonds is 5. The quantitative estimate of drug-likeness (QED) is 0.698. The molecule has 0 radical (unpaired) electrons. The molecule has 0 N–H and O–H groups in total. The van der Waals surface area contributed by atoms with Crippen molar-refractivity contribution in [3.8, 4) is 0 Å². The largest absolute Gasteiger partial charge is 0.409 e. The second-order valence-corrected chi connectivity index (χ2v) is 11.4. The van der Waals surface area contributed by atoms with Crippen LogP contribution < -0.4 is 5.19 Å². The Morgan fingerprint density at radius 3 is 2.43 bits per heavy atom. The van der Waals surface area contributed by atoms with E-state index < -0.39 is 8.32 Å². The van der Waals surface area contributed by atoms with E-state index in [1.807, 2.05) is 0 Å². The second-order valence-electron chi connectivity index (χ2n) is 7.43. The molecule has 1 aliphatic carbocycles. The predicted octanol–water partition coefficient (Wildman–Crippen LogP) is 4.97. The highest BCUT2D eigenvalue weighted by molar-refractivity contribution is 6.85. The SMILES string of the molecule is CC[Si](C)(O[C@@H]1C[C@@H](C)CC[C@@H]1C(C)C)c1ccccc1. The van der Waals surface area contributed by atoms with Gasteiger partial charge in [0.25, 0.3) is 0 Å². The highest BCUT2D eigenvalue weighted by Crippen LogP contribution is 2.37. The highest BCUT2D eigenvalue weighted by Gasteiger charge is 2.38. The molecule has 1 nitrogen and oxygen atoms in total. The first-order valence-electron chi connectivity index (χ1n) is 8.69. The van der Waals surface area contributed by atoms with Crippen molar-refractivity contribution in [1.82, 2.24) is 0 Å². The topological polar surface area (TPSA) is 9.23 Å². The van der Waals surface area contributed by atoms with Gasteiger partial charge in [0, 0.05) is 6.10 Å². The molecule has 1 aromatic rings. The third-order valence-corrected chi connectivity index (χ3v) is 9.16. The zero-order chi connectivity index (χ0) is 15.5. The Labute approximate surface area is 132 Å². The molecule has 0 aliphatic heterocycles. The van der Waals surface area contributed by atoms with Crippen LogP contribution in [-0.2, 0) is 4.43 Å². The summed E-state index contributed by atoms with van der Waals surface area (Å²) in [5.74, 6) is 2.28. The zero-order valence-electron chi connectivity index (χ0n) is 14.4. The third-order valence-electron chi connectivity index (χ3n) is 5.43. The van der Waals surface area contributed by atoms with Gasteiger partial charge in [-0.1, -0.05) is 64.4 Å². The summed E-state index contributed by atoms with van der Waals surface area (Å²) in [6, 6.07) is 12.1. The van der Waals surface area contributed by atoms with Crippen LogP contribution in [0, 0.1) is 17.8 Å². The summed E-state index contributed by atoms with van der Waals surface area (Å²) in [6.45, 7) is 11.8. The lowest BCUT2D eigenvalue weighted by atomic mass is 9.75. The molecule has 1 unspecified atom stereocenters. The molecule has 0 heterocycles. The van der Waals surface area contributed by atoms with Crippen molar-refractivity contribution in [1.29, 1.82) is 0 Å². The molecule has 4 atom stereocenters. The van der Waals surface area contributed by atoms with Gasteiger partial charge in [-0.15, -0.1) is 0 Å². The van der Waals surface area contributed by atoms with E-state index in [-0.39, 0.29) is 0 Å². The predicted molar refractivity (Wildman–Crippen MR) is 94.4 cm³/mol. The molecule has 0 amide bonds. The summed E-state index contributed by atoms with van der Waals surface area (Å²) in [7, 11) is -1.80. The van der Waals surface area contributed by atoms with E-state index >= 15 is 0 Å². The Hall–Kier alpha value is -0.603. The van der Waals surface area contributed by atoms with Crippen LogP contribution in [0.15, 0.2) is 30.3 Å². The highest BCUT2D eigenvalue weighted by atomic mass is 28.4. The molecule has 2 rings (SSSR count). The average Bonchev–Trinajstić information content (AvgIpc) is 2.47. The van der Waals surface area contributed by atoms with Crippen LogP contribution in [0.2, 0.25) is 12.6 Å². The van der Waals surface area contributed by atoms with Crippen molar-refractivity contribution in [2.24, 2.45) is 17.8 Å². The molecular formula is C19H32OSi. The molecule has 1 aliphatic rings. The fraction of sp³-hybridized carbons (Fsp3) is 0.684. The lowest BCUT2D eigenvalue weighted by Crippen LogP contribution is -2.52. The van der Waals surface area contributed by atoms with Gasteiger partial charge in [0.05, 0.1) is 0 Å². The lowest BCUT2D eigenvalue weighted by molar-refractivity contribution is 0.0408. The first-order chi connectivity index (χ1) is 9.96. The maximum absolute atomic E-state index is 6.90.